The lowest BCUT2D eigenvalue weighted by Crippen LogP contribution is -2.51. The summed E-state index contributed by atoms with van der Waals surface area (Å²) in [7, 11) is 0. The second kappa shape index (κ2) is 8.51. The van der Waals surface area contributed by atoms with Gasteiger partial charge in [0.2, 0.25) is 5.91 Å². The molecule has 0 unspecified atom stereocenters. The molecule has 2 saturated heterocycles. The van der Waals surface area contributed by atoms with E-state index in [1.54, 1.807) is 16.0 Å². The highest BCUT2D eigenvalue weighted by molar-refractivity contribution is 5.95. The Kier molecular flexibility index (Phi) is 5.94. The van der Waals surface area contributed by atoms with E-state index in [2.05, 4.69) is 10.2 Å². The first-order chi connectivity index (χ1) is 14.7. The van der Waals surface area contributed by atoms with Crippen LogP contribution in [-0.4, -0.2) is 87.7 Å². The fourth-order valence-electron chi connectivity index (χ4n) is 4.37. The Bertz CT molecular complexity index is 833. The number of hydrogen-bond donors (Lipinski definition) is 1. The number of aromatic amines is 1. The first-order valence-electron chi connectivity index (χ1n) is 11.3. The molecule has 3 amide bonds. The number of nitrogens with zero attached hydrogens (tertiary/aromatic N) is 4. The fourth-order valence-corrected chi connectivity index (χ4v) is 4.37. The molecule has 0 radical (unpaired) electrons. The van der Waals surface area contributed by atoms with E-state index in [0.29, 0.717) is 44.8 Å². The summed E-state index contributed by atoms with van der Waals surface area (Å²) in [5, 5.41) is 7.16. The Morgan fingerprint density at radius 1 is 1.00 bits per heavy atom. The number of piperazine rings is 1. The number of aromatic nitrogens is 2. The second-order valence-corrected chi connectivity index (χ2v) is 9.85. The van der Waals surface area contributed by atoms with Crippen LogP contribution in [0.3, 0.4) is 0 Å². The molecule has 2 aliphatic heterocycles. The minimum atomic E-state index is -0.540. The van der Waals surface area contributed by atoms with Crippen molar-refractivity contribution < 1.29 is 19.1 Å². The average molecular weight is 432 g/mol. The molecule has 1 aliphatic carbocycles. The molecule has 170 valence electrons. The maximum atomic E-state index is 13.2. The minimum absolute atomic E-state index is 0.0143. The van der Waals surface area contributed by atoms with Gasteiger partial charge in [-0.1, -0.05) is 0 Å². The number of H-pyrrole nitrogens is 1. The molecule has 1 aromatic heterocycles. The van der Waals surface area contributed by atoms with Crippen LogP contribution in [0.15, 0.2) is 6.20 Å². The highest BCUT2D eigenvalue weighted by Crippen LogP contribution is 2.32. The topological polar surface area (TPSA) is 98.8 Å². The average Bonchev–Trinajstić information content (AvgIpc) is 3.48. The largest absolute Gasteiger partial charge is 0.444 e. The fraction of sp³-hybridized carbons (Fsp3) is 0.727. The molecule has 0 bridgehead atoms. The van der Waals surface area contributed by atoms with Gasteiger partial charge in [-0.05, 0) is 46.5 Å². The van der Waals surface area contributed by atoms with Gasteiger partial charge in [0, 0.05) is 51.1 Å². The Hall–Kier alpha value is -2.58. The maximum Gasteiger partial charge on any atom is 0.410 e. The number of amides is 3. The van der Waals surface area contributed by atoms with E-state index in [0.717, 1.165) is 31.4 Å². The quantitative estimate of drug-likeness (QED) is 0.791. The zero-order valence-corrected chi connectivity index (χ0v) is 18.7. The van der Waals surface area contributed by atoms with Crippen LogP contribution in [0.1, 0.15) is 68.4 Å². The normalized spacial score (nSPS) is 22.4. The highest BCUT2D eigenvalue weighted by atomic mass is 16.6. The van der Waals surface area contributed by atoms with Crippen LogP contribution >= 0.6 is 0 Å². The molecule has 3 heterocycles. The monoisotopic (exact) mass is 431 g/mol. The third-order valence-corrected chi connectivity index (χ3v) is 6.19. The van der Waals surface area contributed by atoms with Gasteiger partial charge in [-0.15, -0.1) is 0 Å². The molecule has 0 aromatic carbocycles. The van der Waals surface area contributed by atoms with Gasteiger partial charge in [0.05, 0.1) is 17.5 Å². The Balaban J connectivity index is 1.38. The van der Waals surface area contributed by atoms with Crippen LogP contribution < -0.4 is 0 Å². The van der Waals surface area contributed by atoms with Crippen molar-refractivity contribution >= 4 is 17.9 Å². The molecule has 4 rings (SSSR count). The number of piperidine rings is 1. The van der Waals surface area contributed by atoms with Gasteiger partial charge >= 0.3 is 6.09 Å². The standard InChI is InChI=1S/C22H33N5O4/c1-22(2,3)31-21(30)27-8-4-5-16(14-27)18-17(13-23-24-18)20(29)26-11-9-25(10-12-26)19(28)15-6-7-15/h13,15-16H,4-12,14H2,1-3H3,(H,23,24)/t16-/m0/s1. The summed E-state index contributed by atoms with van der Waals surface area (Å²) >= 11 is 0. The summed E-state index contributed by atoms with van der Waals surface area (Å²) in [5.74, 6) is 0.402. The lowest BCUT2D eigenvalue weighted by Gasteiger charge is -2.36. The molecule has 3 fully saturated rings. The number of ether oxygens (including phenoxy) is 1. The van der Waals surface area contributed by atoms with E-state index in [4.69, 9.17) is 4.74 Å². The van der Waals surface area contributed by atoms with Gasteiger partial charge in [-0.2, -0.15) is 5.10 Å². The maximum absolute atomic E-state index is 13.2. The van der Waals surface area contributed by atoms with Crippen LogP contribution in [0.5, 0.6) is 0 Å². The minimum Gasteiger partial charge on any atom is -0.444 e. The number of rotatable bonds is 3. The van der Waals surface area contributed by atoms with Gasteiger partial charge in [-0.25, -0.2) is 4.79 Å². The first-order valence-corrected chi connectivity index (χ1v) is 11.3. The van der Waals surface area contributed by atoms with Gasteiger partial charge in [0.15, 0.2) is 0 Å². The number of carbonyl (C=O) groups excluding carboxylic acids is 3. The van der Waals surface area contributed by atoms with Gasteiger partial charge in [0.25, 0.3) is 5.91 Å². The van der Waals surface area contributed by atoms with E-state index in [-0.39, 0.29) is 29.7 Å². The van der Waals surface area contributed by atoms with Crippen molar-refractivity contribution in [2.75, 3.05) is 39.3 Å². The lowest BCUT2D eigenvalue weighted by molar-refractivity contribution is -0.134. The van der Waals surface area contributed by atoms with Crippen molar-refractivity contribution in [2.24, 2.45) is 5.92 Å². The molecule has 9 nitrogen and oxygen atoms in total. The number of carbonyl (C=O) groups is 3. The summed E-state index contributed by atoms with van der Waals surface area (Å²) in [6.07, 6.45) is 4.99. The van der Waals surface area contributed by atoms with Crippen LogP contribution in [0, 0.1) is 5.92 Å². The summed E-state index contributed by atoms with van der Waals surface area (Å²) in [6, 6.07) is 0. The smallest absolute Gasteiger partial charge is 0.410 e. The second-order valence-electron chi connectivity index (χ2n) is 9.85. The molecular formula is C22H33N5O4. The van der Waals surface area contributed by atoms with Crippen LogP contribution in [0.4, 0.5) is 4.79 Å². The summed E-state index contributed by atoms with van der Waals surface area (Å²) in [6.45, 7) is 8.98. The molecule has 1 atom stereocenters. The van der Waals surface area contributed by atoms with E-state index < -0.39 is 5.60 Å². The van der Waals surface area contributed by atoms with Gasteiger partial charge in [0.1, 0.15) is 5.60 Å². The summed E-state index contributed by atoms with van der Waals surface area (Å²) in [5.41, 5.74) is 0.815. The predicted octanol–water partition coefficient (Wildman–Crippen LogP) is 2.22. The third kappa shape index (κ3) is 5.02. The van der Waals surface area contributed by atoms with E-state index >= 15 is 0 Å². The lowest BCUT2D eigenvalue weighted by atomic mass is 9.92. The Labute approximate surface area is 183 Å². The molecule has 1 saturated carbocycles. The van der Waals surface area contributed by atoms with Crippen LogP contribution in [0.2, 0.25) is 0 Å². The van der Waals surface area contributed by atoms with Crippen molar-refractivity contribution in [3.05, 3.63) is 17.5 Å². The number of likely N-dealkylation sites (tertiary alicyclic amines) is 1. The zero-order valence-electron chi connectivity index (χ0n) is 18.7. The van der Waals surface area contributed by atoms with Crippen molar-refractivity contribution in [3.8, 4) is 0 Å². The molecule has 1 aromatic rings. The van der Waals surface area contributed by atoms with E-state index in [9.17, 15) is 14.4 Å². The molecule has 9 heteroatoms. The number of hydrogen-bond acceptors (Lipinski definition) is 5. The molecule has 0 spiro atoms. The van der Waals surface area contributed by atoms with Crippen molar-refractivity contribution in [2.45, 2.75) is 58.0 Å². The first kappa shape index (κ1) is 21.6. The van der Waals surface area contributed by atoms with Crippen molar-refractivity contribution in [3.63, 3.8) is 0 Å². The highest BCUT2D eigenvalue weighted by Gasteiger charge is 2.36. The van der Waals surface area contributed by atoms with Gasteiger partial charge < -0.3 is 19.4 Å². The van der Waals surface area contributed by atoms with Crippen LogP contribution in [0.25, 0.3) is 0 Å². The SMILES string of the molecule is CC(C)(C)OC(=O)N1CCC[C@H](c2[nH]ncc2C(=O)N2CCN(C(=O)C3CC3)CC2)C1. The Morgan fingerprint density at radius 3 is 2.32 bits per heavy atom. The third-order valence-electron chi connectivity index (χ3n) is 6.19. The van der Waals surface area contributed by atoms with Crippen molar-refractivity contribution in [1.82, 2.24) is 24.9 Å². The van der Waals surface area contributed by atoms with E-state index in [1.165, 1.54) is 0 Å². The summed E-state index contributed by atoms with van der Waals surface area (Å²) in [4.78, 5) is 43.4. The van der Waals surface area contributed by atoms with E-state index in [1.807, 2.05) is 25.7 Å². The molecular weight excluding hydrogens is 398 g/mol. The molecule has 1 N–H and O–H groups in total. The molecule has 31 heavy (non-hydrogen) atoms. The predicted molar refractivity (Wildman–Crippen MR) is 114 cm³/mol. The van der Waals surface area contributed by atoms with Gasteiger partial charge in [-0.3, -0.25) is 14.7 Å². The Morgan fingerprint density at radius 2 is 1.68 bits per heavy atom. The number of nitrogens with one attached hydrogen (secondary N) is 1. The zero-order chi connectivity index (χ0) is 22.2. The summed E-state index contributed by atoms with van der Waals surface area (Å²) < 4.78 is 5.52. The molecule has 3 aliphatic rings. The van der Waals surface area contributed by atoms with Crippen LogP contribution in [-0.2, 0) is 9.53 Å². The van der Waals surface area contributed by atoms with Crippen molar-refractivity contribution in [1.29, 1.82) is 0 Å².